The number of aliphatic hydroxyl groups is 1. The number of aromatic amines is 1. The number of nitrogens with zero attached hydrogens (tertiary/aromatic N) is 3. The first kappa shape index (κ1) is 17.8. The molecule has 8 nitrogen and oxygen atoms in total. The molecular formula is C21H19FN4O4. The average molecular weight is 410 g/mol. The van der Waals surface area contributed by atoms with E-state index < -0.39 is 11.9 Å². The molecule has 4 atom stereocenters. The van der Waals surface area contributed by atoms with Gasteiger partial charge in [-0.05, 0) is 12.1 Å². The van der Waals surface area contributed by atoms with Gasteiger partial charge < -0.3 is 28.9 Å². The molecule has 0 bridgehead atoms. The first-order valence-electron chi connectivity index (χ1n) is 9.77. The van der Waals surface area contributed by atoms with Crippen molar-refractivity contribution in [3.63, 3.8) is 0 Å². The van der Waals surface area contributed by atoms with Crippen molar-refractivity contribution in [3.05, 3.63) is 42.2 Å². The number of aryl methyl sites for hydroxylation is 1. The first-order valence-corrected chi connectivity index (χ1v) is 9.77. The highest BCUT2D eigenvalue weighted by atomic mass is 19.1. The fraction of sp³-hybridized carbons (Fsp3) is 0.333. The number of aromatic nitrogens is 4. The first-order chi connectivity index (χ1) is 14.6. The molecule has 2 saturated heterocycles. The number of para-hydroxylation sites is 2. The Hall–Kier alpha value is -3.01. The van der Waals surface area contributed by atoms with Crippen LogP contribution in [0.25, 0.3) is 33.6 Å². The van der Waals surface area contributed by atoms with Crippen LogP contribution in [0.15, 0.2) is 36.4 Å². The highest BCUT2D eigenvalue weighted by Crippen LogP contribution is 2.32. The molecule has 3 aromatic heterocycles. The van der Waals surface area contributed by atoms with Crippen molar-refractivity contribution >= 4 is 22.1 Å². The fourth-order valence-electron chi connectivity index (χ4n) is 4.29. The largest absolute Gasteiger partial charge is 0.470 e. The fourth-order valence-corrected chi connectivity index (χ4v) is 4.29. The lowest BCUT2D eigenvalue weighted by atomic mass is 10.1. The molecule has 2 N–H and O–H groups in total. The van der Waals surface area contributed by atoms with Crippen LogP contribution < -0.4 is 4.74 Å². The Morgan fingerprint density at radius 1 is 1.13 bits per heavy atom. The number of imidazole rings is 1. The molecular weight excluding hydrogens is 391 g/mol. The van der Waals surface area contributed by atoms with Crippen LogP contribution in [0.5, 0.6) is 5.88 Å². The van der Waals surface area contributed by atoms with Crippen LogP contribution in [0.3, 0.4) is 0 Å². The van der Waals surface area contributed by atoms with Crippen LogP contribution in [0.4, 0.5) is 4.39 Å². The summed E-state index contributed by atoms with van der Waals surface area (Å²) < 4.78 is 33.9. The minimum atomic E-state index is -0.641. The predicted octanol–water partition coefficient (Wildman–Crippen LogP) is 2.16. The minimum absolute atomic E-state index is 0.179. The number of H-pyrrole nitrogens is 1. The third-order valence-corrected chi connectivity index (χ3v) is 5.79. The molecule has 6 rings (SSSR count). The molecule has 2 aliphatic rings. The SMILES string of the molecule is Cn1c(-c2nc3cc(O[C@@H]4CO[C@@H]5C(O)CO[C@@H]54)[nH]c3cc2F)nc2ccccc21. The van der Waals surface area contributed by atoms with E-state index in [9.17, 15) is 9.50 Å². The zero-order chi connectivity index (χ0) is 20.4. The number of nitrogens with one attached hydrogen (secondary N) is 1. The van der Waals surface area contributed by atoms with E-state index in [-0.39, 0.29) is 30.6 Å². The van der Waals surface area contributed by atoms with Gasteiger partial charge in [0.25, 0.3) is 0 Å². The lowest BCUT2D eigenvalue weighted by molar-refractivity contribution is 0.00794. The van der Waals surface area contributed by atoms with Gasteiger partial charge >= 0.3 is 0 Å². The second-order valence-electron chi connectivity index (χ2n) is 7.69. The molecule has 0 saturated carbocycles. The Bertz CT molecular complexity index is 1270. The van der Waals surface area contributed by atoms with Gasteiger partial charge in [0.1, 0.15) is 24.0 Å². The van der Waals surface area contributed by atoms with E-state index in [2.05, 4.69) is 15.0 Å². The summed E-state index contributed by atoms with van der Waals surface area (Å²) in [5, 5.41) is 9.87. The van der Waals surface area contributed by atoms with Gasteiger partial charge in [-0.1, -0.05) is 12.1 Å². The van der Waals surface area contributed by atoms with Crippen molar-refractivity contribution in [1.29, 1.82) is 0 Å². The van der Waals surface area contributed by atoms with Gasteiger partial charge in [0.2, 0.25) is 0 Å². The second kappa shape index (κ2) is 6.49. The molecule has 30 heavy (non-hydrogen) atoms. The van der Waals surface area contributed by atoms with E-state index in [4.69, 9.17) is 14.2 Å². The molecule has 0 aliphatic carbocycles. The van der Waals surface area contributed by atoms with Gasteiger partial charge in [-0.2, -0.15) is 0 Å². The lowest BCUT2D eigenvalue weighted by Crippen LogP contribution is -2.34. The molecule has 1 unspecified atom stereocenters. The molecule has 0 radical (unpaired) electrons. The smallest absolute Gasteiger partial charge is 0.193 e. The summed E-state index contributed by atoms with van der Waals surface area (Å²) in [6, 6.07) is 10.8. The van der Waals surface area contributed by atoms with E-state index in [1.54, 1.807) is 6.07 Å². The molecule has 1 aromatic carbocycles. The summed E-state index contributed by atoms with van der Waals surface area (Å²) in [4.78, 5) is 12.1. The molecule has 0 spiro atoms. The van der Waals surface area contributed by atoms with Gasteiger partial charge in [-0.25, -0.2) is 14.4 Å². The Balaban J connectivity index is 1.35. The van der Waals surface area contributed by atoms with E-state index >= 15 is 0 Å². The van der Waals surface area contributed by atoms with Crippen molar-refractivity contribution in [2.75, 3.05) is 13.2 Å². The van der Waals surface area contributed by atoms with Gasteiger partial charge in [0.05, 0.1) is 35.3 Å². The van der Waals surface area contributed by atoms with Crippen LogP contribution in [-0.2, 0) is 16.5 Å². The number of fused-ring (bicyclic) bond motifs is 3. The van der Waals surface area contributed by atoms with E-state index in [0.29, 0.717) is 29.3 Å². The number of pyridine rings is 1. The molecule has 2 aliphatic heterocycles. The van der Waals surface area contributed by atoms with Crippen LogP contribution >= 0.6 is 0 Å². The molecule has 4 aromatic rings. The number of ether oxygens (including phenoxy) is 3. The van der Waals surface area contributed by atoms with Crippen LogP contribution in [0.2, 0.25) is 0 Å². The number of hydrogen-bond donors (Lipinski definition) is 2. The molecule has 5 heterocycles. The standard InChI is InChI=1S/C21H19FN4O4/c1-26-14-5-3-2-4-11(14)25-21(26)18-10(22)6-12-13(24-18)7-17(23-12)30-16-9-29-19-15(27)8-28-20(16)19/h2-7,15-16,19-20,23,27H,8-9H2,1H3/t15?,16-,19-,20-/m1/s1. The summed E-state index contributed by atoms with van der Waals surface area (Å²) in [6.45, 7) is 0.546. The third-order valence-electron chi connectivity index (χ3n) is 5.79. The topological polar surface area (TPSA) is 94.4 Å². The van der Waals surface area contributed by atoms with Crippen LogP contribution in [-0.4, -0.2) is 62.3 Å². The number of hydrogen-bond acceptors (Lipinski definition) is 6. The monoisotopic (exact) mass is 410 g/mol. The summed E-state index contributed by atoms with van der Waals surface area (Å²) in [7, 11) is 1.84. The molecule has 0 amide bonds. The number of benzene rings is 1. The maximum Gasteiger partial charge on any atom is 0.193 e. The van der Waals surface area contributed by atoms with Crippen LogP contribution in [0.1, 0.15) is 0 Å². The molecule has 2 fully saturated rings. The summed E-state index contributed by atoms with van der Waals surface area (Å²) in [5.74, 6) is 0.429. The zero-order valence-corrected chi connectivity index (χ0v) is 16.1. The quantitative estimate of drug-likeness (QED) is 0.538. The van der Waals surface area contributed by atoms with Crippen LogP contribution in [0, 0.1) is 5.82 Å². The lowest BCUT2D eigenvalue weighted by Gasteiger charge is -2.16. The normalized spacial score (nSPS) is 26.0. The number of rotatable bonds is 3. The zero-order valence-electron chi connectivity index (χ0n) is 16.1. The highest BCUT2D eigenvalue weighted by molar-refractivity contribution is 5.83. The maximum absolute atomic E-state index is 14.9. The van der Waals surface area contributed by atoms with Crippen molar-refractivity contribution in [2.45, 2.75) is 24.4 Å². The summed E-state index contributed by atoms with van der Waals surface area (Å²) in [6.07, 6.45) is -1.70. The number of halogens is 1. The van der Waals surface area contributed by atoms with E-state index in [0.717, 1.165) is 11.0 Å². The Kier molecular flexibility index (Phi) is 3.86. The van der Waals surface area contributed by atoms with Crippen molar-refractivity contribution < 1.29 is 23.7 Å². The van der Waals surface area contributed by atoms with E-state index in [1.807, 2.05) is 35.9 Å². The average Bonchev–Trinajstić information content (AvgIpc) is 3.48. The second-order valence-corrected chi connectivity index (χ2v) is 7.69. The minimum Gasteiger partial charge on any atom is -0.470 e. The van der Waals surface area contributed by atoms with Gasteiger partial charge in [-0.15, -0.1) is 0 Å². The predicted molar refractivity (Wildman–Crippen MR) is 106 cm³/mol. The molecule has 154 valence electrons. The highest BCUT2D eigenvalue weighted by Gasteiger charge is 2.48. The number of aliphatic hydroxyl groups excluding tert-OH is 1. The van der Waals surface area contributed by atoms with Crippen molar-refractivity contribution in [3.8, 4) is 17.4 Å². The third kappa shape index (κ3) is 2.63. The summed E-state index contributed by atoms with van der Waals surface area (Å²) >= 11 is 0. The Morgan fingerprint density at radius 3 is 2.83 bits per heavy atom. The Morgan fingerprint density at radius 2 is 1.97 bits per heavy atom. The maximum atomic E-state index is 14.9. The summed E-state index contributed by atoms with van der Waals surface area (Å²) in [5.41, 5.74) is 2.95. The Labute approximate surface area is 170 Å². The van der Waals surface area contributed by atoms with Crippen molar-refractivity contribution in [2.24, 2.45) is 7.05 Å². The van der Waals surface area contributed by atoms with Crippen molar-refractivity contribution in [1.82, 2.24) is 19.5 Å². The van der Waals surface area contributed by atoms with Gasteiger partial charge in [-0.3, -0.25) is 0 Å². The van der Waals surface area contributed by atoms with Gasteiger partial charge in [0, 0.05) is 19.2 Å². The molecule has 9 heteroatoms. The van der Waals surface area contributed by atoms with E-state index in [1.165, 1.54) is 6.07 Å². The van der Waals surface area contributed by atoms with Gasteiger partial charge in [0.15, 0.2) is 23.6 Å².